The number of nitrogens with zero attached hydrogens (tertiary/aromatic N) is 1. The Bertz CT molecular complexity index is 556. The van der Waals surface area contributed by atoms with Gasteiger partial charge in [0.25, 0.3) is 0 Å². The molecule has 0 spiro atoms. The summed E-state index contributed by atoms with van der Waals surface area (Å²) in [7, 11) is -1.83. The van der Waals surface area contributed by atoms with Crippen molar-refractivity contribution in [3.8, 4) is 0 Å². The van der Waals surface area contributed by atoms with Gasteiger partial charge in [0.2, 0.25) is 10.0 Å². The molecule has 3 nitrogen and oxygen atoms in total. The first-order valence-electron chi connectivity index (χ1n) is 6.08. The molecule has 0 unspecified atom stereocenters. The molecule has 1 rings (SSSR count). The van der Waals surface area contributed by atoms with Crippen LogP contribution in [0.25, 0.3) is 0 Å². The van der Waals surface area contributed by atoms with Gasteiger partial charge in [0.15, 0.2) is 0 Å². The number of hydrogen-bond donors (Lipinski definition) is 0. The molecule has 0 radical (unpaired) electrons. The van der Waals surface area contributed by atoms with Gasteiger partial charge in [0.1, 0.15) is 0 Å². The van der Waals surface area contributed by atoms with Crippen LogP contribution in [0, 0.1) is 12.8 Å². The molecule has 19 heavy (non-hydrogen) atoms. The van der Waals surface area contributed by atoms with Crippen molar-refractivity contribution in [2.24, 2.45) is 5.92 Å². The van der Waals surface area contributed by atoms with Crippen LogP contribution in [-0.2, 0) is 10.0 Å². The quantitative estimate of drug-likeness (QED) is 0.727. The molecule has 0 atom stereocenters. The molecule has 0 aromatic heterocycles. The van der Waals surface area contributed by atoms with E-state index in [-0.39, 0.29) is 0 Å². The van der Waals surface area contributed by atoms with E-state index in [0.717, 1.165) is 16.5 Å². The first kappa shape index (κ1) is 17.1. The summed E-state index contributed by atoms with van der Waals surface area (Å²) >= 11 is 6.72. The predicted molar refractivity (Wildman–Crippen MR) is 85.8 cm³/mol. The fourth-order valence-corrected chi connectivity index (χ4v) is 4.37. The Morgan fingerprint density at radius 1 is 1.21 bits per heavy atom. The average Bonchev–Trinajstić information content (AvgIpc) is 2.30. The molecule has 6 heteroatoms. The Morgan fingerprint density at radius 3 is 2.32 bits per heavy atom. The summed E-state index contributed by atoms with van der Waals surface area (Å²) in [6.07, 6.45) is 0.848. The molecule has 0 fully saturated rings. The lowest BCUT2D eigenvalue weighted by molar-refractivity contribution is 0.428. The van der Waals surface area contributed by atoms with Crippen LogP contribution in [-0.4, -0.2) is 26.3 Å². The molecule has 0 heterocycles. The highest BCUT2D eigenvalue weighted by molar-refractivity contribution is 9.11. The van der Waals surface area contributed by atoms with Crippen LogP contribution in [0.3, 0.4) is 0 Å². The molecular formula is C13H19Br2NO2S. The normalized spacial score (nSPS) is 12.4. The molecule has 0 N–H and O–H groups in total. The number of sulfonamides is 1. The zero-order valence-electron chi connectivity index (χ0n) is 11.6. The van der Waals surface area contributed by atoms with E-state index in [1.807, 2.05) is 13.0 Å². The highest BCUT2D eigenvalue weighted by Gasteiger charge is 2.24. The second-order valence-electron chi connectivity index (χ2n) is 5.04. The number of benzene rings is 1. The van der Waals surface area contributed by atoms with E-state index in [2.05, 4.69) is 45.7 Å². The van der Waals surface area contributed by atoms with Crippen LogP contribution in [0.1, 0.15) is 25.8 Å². The lowest BCUT2D eigenvalue weighted by Crippen LogP contribution is -2.29. The van der Waals surface area contributed by atoms with Crippen molar-refractivity contribution in [3.63, 3.8) is 0 Å². The van der Waals surface area contributed by atoms with Gasteiger partial charge >= 0.3 is 0 Å². The minimum Gasteiger partial charge on any atom is -0.207 e. The van der Waals surface area contributed by atoms with Crippen LogP contribution in [0.2, 0.25) is 0 Å². The van der Waals surface area contributed by atoms with Crippen molar-refractivity contribution in [1.82, 2.24) is 4.31 Å². The van der Waals surface area contributed by atoms with E-state index in [4.69, 9.17) is 0 Å². The van der Waals surface area contributed by atoms with Gasteiger partial charge in [-0.2, -0.15) is 0 Å². The Labute approximate surface area is 132 Å². The SMILES string of the molecule is Cc1cc(Br)c(S(=O)(=O)N(C)CCC(C)C)cc1Br. The third-order valence-corrected chi connectivity index (χ3v) is 6.59. The van der Waals surface area contributed by atoms with Crippen molar-refractivity contribution in [3.05, 3.63) is 26.6 Å². The van der Waals surface area contributed by atoms with Gasteiger partial charge < -0.3 is 0 Å². The van der Waals surface area contributed by atoms with Gasteiger partial charge in [-0.15, -0.1) is 0 Å². The van der Waals surface area contributed by atoms with Crippen molar-refractivity contribution < 1.29 is 8.42 Å². The topological polar surface area (TPSA) is 37.4 Å². The smallest absolute Gasteiger partial charge is 0.207 e. The van der Waals surface area contributed by atoms with Crippen LogP contribution in [0.5, 0.6) is 0 Å². The number of aryl methyl sites for hydroxylation is 1. The van der Waals surface area contributed by atoms with E-state index < -0.39 is 10.0 Å². The highest BCUT2D eigenvalue weighted by Crippen LogP contribution is 2.30. The maximum absolute atomic E-state index is 12.5. The summed E-state index contributed by atoms with van der Waals surface area (Å²) in [5, 5.41) is 0. The molecule has 0 saturated carbocycles. The summed E-state index contributed by atoms with van der Waals surface area (Å²) in [6, 6.07) is 3.47. The predicted octanol–water partition coefficient (Wildman–Crippen LogP) is 4.19. The van der Waals surface area contributed by atoms with Crippen LogP contribution in [0.4, 0.5) is 0 Å². The molecule has 0 saturated heterocycles. The minimum atomic E-state index is -3.45. The van der Waals surface area contributed by atoms with Crippen molar-refractivity contribution in [2.45, 2.75) is 32.1 Å². The van der Waals surface area contributed by atoms with Crippen LogP contribution < -0.4 is 0 Å². The lowest BCUT2D eigenvalue weighted by atomic mass is 10.1. The van der Waals surface area contributed by atoms with E-state index in [1.54, 1.807) is 13.1 Å². The first-order chi connectivity index (χ1) is 8.66. The molecule has 0 aliphatic rings. The Kier molecular flexibility index (Phi) is 6.04. The molecule has 0 bridgehead atoms. The second kappa shape index (κ2) is 6.70. The van der Waals surface area contributed by atoms with E-state index in [1.165, 1.54) is 4.31 Å². The third kappa shape index (κ3) is 4.28. The molecular weight excluding hydrogens is 394 g/mol. The maximum atomic E-state index is 12.5. The van der Waals surface area contributed by atoms with E-state index in [0.29, 0.717) is 21.8 Å². The molecule has 0 aliphatic carbocycles. The van der Waals surface area contributed by atoms with Crippen molar-refractivity contribution in [1.29, 1.82) is 0 Å². The number of halogens is 2. The summed E-state index contributed by atoms with van der Waals surface area (Å²) in [5.41, 5.74) is 0.996. The Hall–Kier alpha value is 0.0900. The van der Waals surface area contributed by atoms with Crippen LogP contribution >= 0.6 is 31.9 Å². The average molecular weight is 413 g/mol. The Morgan fingerprint density at radius 2 is 1.79 bits per heavy atom. The van der Waals surface area contributed by atoms with Gasteiger partial charge in [-0.3, -0.25) is 0 Å². The zero-order chi connectivity index (χ0) is 14.8. The van der Waals surface area contributed by atoms with Crippen LogP contribution in [0.15, 0.2) is 26.0 Å². The van der Waals surface area contributed by atoms with Gasteiger partial charge in [-0.05, 0) is 52.9 Å². The minimum absolute atomic E-state index is 0.302. The summed E-state index contributed by atoms with van der Waals surface area (Å²) in [6.45, 7) is 6.61. The zero-order valence-corrected chi connectivity index (χ0v) is 15.6. The fourth-order valence-electron chi connectivity index (χ4n) is 1.55. The second-order valence-corrected chi connectivity index (χ2v) is 8.76. The highest BCUT2D eigenvalue weighted by atomic mass is 79.9. The number of rotatable bonds is 5. The molecule has 0 aliphatic heterocycles. The maximum Gasteiger partial charge on any atom is 0.243 e. The molecule has 0 amide bonds. The van der Waals surface area contributed by atoms with Crippen molar-refractivity contribution >= 4 is 41.9 Å². The first-order valence-corrected chi connectivity index (χ1v) is 9.11. The number of hydrogen-bond acceptors (Lipinski definition) is 2. The summed E-state index contributed by atoms with van der Waals surface area (Å²) in [4.78, 5) is 0.302. The standard InChI is InChI=1S/C13H19Br2NO2S/c1-9(2)5-6-16(4)19(17,18)13-8-11(14)10(3)7-12(13)15/h7-9H,5-6H2,1-4H3. The summed E-state index contributed by atoms with van der Waals surface area (Å²) in [5.74, 6) is 0.478. The third-order valence-electron chi connectivity index (χ3n) is 2.92. The van der Waals surface area contributed by atoms with E-state index >= 15 is 0 Å². The van der Waals surface area contributed by atoms with Gasteiger partial charge in [0.05, 0.1) is 4.90 Å². The fraction of sp³-hybridized carbons (Fsp3) is 0.538. The summed E-state index contributed by atoms with van der Waals surface area (Å²) < 4.78 is 27.8. The largest absolute Gasteiger partial charge is 0.243 e. The van der Waals surface area contributed by atoms with E-state index in [9.17, 15) is 8.42 Å². The van der Waals surface area contributed by atoms with Crippen molar-refractivity contribution in [2.75, 3.05) is 13.6 Å². The molecule has 1 aromatic rings. The Balaban J connectivity index is 3.10. The molecule has 108 valence electrons. The van der Waals surface area contributed by atoms with Gasteiger partial charge in [-0.1, -0.05) is 29.8 Å². The molecule has 1 aromatic carbocycles. The monoisotopic (exact) mass is 411 g/mol. The van der Waals surface area contributed by atoms with Gasteiger partial charge in [-0.25, -0.2) is 12.7 Å². The lowest BCUT2D eigenvalue weighted by Gasteiger charge is -2.19. The van der Waals surface area contributed by atoms with Gasteiger partial charge in [0, 0.05) is 22.5 Å².